The molecule has 0 unspecified atom stereocenters. The van der Waals surface area contributed by atoms with Crippen LogP contribution >= 0.6 is 0 Å². The van der Waals surface area contributed by atoms with E-state index in [9.17, 15) is 26.3 Å². The van der Waals surface area contributed by atoms with Crippen molar-refractivity contribution in [2.24, 2.45) is 5.92 Å². The molecule has 0 aliphatic heterocycles. The second-order valence-electron chi connectivity index (χ2n) is 9.70. The van der Waals surface area contributed by atoms with Gasteiger partial charge in [-0.05, 0) is 85.0 Å². The molecule has 0 saturated heterocycles. The molecule has 0 bridgehead atoms. The highest BCUT2D eigenvalue weighted by Crippen LogP contribution is 2.40. The van der Waals surface area contributed by atoms with Gasteiger partial charge in [-0.1, -0.05) is 31.9 Å². The number of halogens is 8. The second kappa shape index (κ2) is 11.4. The molecule has 3 aromatic carbocycles. The topological polar surface area (TPSA) is 18.5 Å². The Morgan fingerprint density at radius 2 is 1.36 bits per heavy atom. The summed E-state index contributed by atoms with van der Waals surface area (Å²) in [7, 11) is 0. The van der Waals surface area contributed by atoms with E-state index in [1.165, 1.54) is 12.1 Å². The van der Waals surface area contributed by atoms with Gasteiger partial charge in [0, 0.05) is 6.07 Å². The van der Waals surface area contributed by atoms with E-state index in [4.69, 9.17) is 0 Å². The van der Waals surface area contributed by atoms with Crippen molar-refractivity contribution in [1.82, 2.24) is 0 Å². The van der Waals surface area contributed by atoms with E-state index in [0.29, 0.717) is 29.7 Å². The molecule has 0 heterocycles. The third-order valence-corrected chi connectivity index (χ3v) is 6.96. The molecule has 2 nitrogen and oxygen atoms in total. The zero-order chi connectivity index (χ0) is 28.4. The maximum atomic E-state index is 15.0. The van der Waals surface area contributed by atoms with Crippen LogP contribution in [0.15, 0.2) is 54.6 Å². The molecule has 210 valence electrons. The van der Waals surface area contributed by atoms with Gasteiger partial charge in [0.1, 0.15) is 17.4 Å². The van der Waals surface area contributed by atoms with Crippen molar-refractivity contribution in [2.75, 3.05) is 0 Å². The summed E-state index contributed by atoms with van der Waals surface area (Å²) in [5.41, 5.74) is -0.457. The minimum absolute atomic E-state index is 0.0300. The van der Waals surface area contributed by atoms with E-state index in [2.05, 4.69) is 16.4 Å². The predicted molar refractivity (Wildman–Crippen MR) is 129 cm³/mol. The van der Waals surface area contributed by atoms with Gasteiger partial charge in [0.2, 0.25) is 0 Å². The lowest BCUT2D eigenvalue weighted by molar-refractivity contribution is -0.275. The van der Waals surface area contributed by atoms with Crippen LogP contribution in [-0.4, -0.2) is 6.36 Å². The number of hydrogen-bond donors (Lipinski definition) is 0. The van der Waals surface area contributed by atoms with Crippen molar-refractivity contribution in [3.8, 4) is 22.6 Å². The number of rotatable bonds is 8. The number of alkyl halides is 5. The van der Waals surface area contributed by atoms with Gasteiger partial charge in [0.15, 0.2) is 11.6 Å². The van der Waals surface area contributed by atoms with Crippen molar-refractivity contribution in [1.29, 1.82) is 0 Å². The summed E-state index contributed by atoms with van der Waals surface area (Å²) in [6.45, 7) is 2.14. The largest absolute Gasteiger partial charge is 0.573 e. The highest BCUT2D eigenvalue weighted by molar-refractivity contribution is 5.66. The van der Waals surface area contributed by atoms with Crippen LogP contribution in [0.2, 0.25) is 0 Å². The maximum absolute atomic E-state index is 15.0. The van der Waals surface area contributed by atoms with Crippen LogP contribution in [0.25, 0.3) is 11.1 Å². The third kappa shape index (κ3) is 7.02. The minimum Gasteiger partial charge on any atom is -0.429 e. The van der Waals surface area contributed by atoms with Crippen LogP contribution in [0, 0.1) is 23.4 Å². The molecule has 1 fully saturated rings. The van der Waals surface area contributed by atoms with Crippen LogP contribution in [0.1, 0.15) is 62.5 Å². The van der Waals surface area contributed by atoms with Gasteiger partial charge in [-0.2, -0.15) is 8.78 Å². The Kier molecular flexibility index (Phi) is 8.42. The molecule has 1 aliphatic carbocycles. The fourth-order valence-electron chi connectivity index (χ4n) is 5.09. The Morgan fingerprint density at radius 3 is 1.90 bits per heavy atom. The van der Waals surface area contributed by atoms with E-state index in [0.717, 1.165) is 62.8 Å². The lowest BCUT2D eigenvalue weighted by Crippen LogP contribution is -2.22. The highest BCUT2D eigenvalue weighted by Gasteiger charge is 2.36. The quantitative estimate of drug-likeness (QED) is 0.256. The first-order valence-electron chi connectivity index (χ1n) is 12.6. The van der Waals surface area contributed by atoms with E-state index in [1.807, 2.05) is 0 Å². The molecule has 1 saturated carbocycles. The monoisotopic (exact) mass is 558 g/mol. The van der Waals surface area contributed by atoms with Crippen LogP contribution in [0.3, 0.4) is 0 Å². The maximum Gasteiger partial charge on any atom is 0.573 e. The number of benzene rings is 3. The first kappa shape index (κ1) is 28.7. The predicted octanol–water partition coefficient (Wildman–Crippen LogP) is 9.87. The van der Waals surface area contributed by atoms with Gasteiger partial charge in [-0.15, -0.1) is 13.2 Å². The van der Waals surface area contributed by atoms with Crippen LogP contribution in [0.5, 0.6) is 11.5 Å². The smallest absolute Gasteiger partial charge is 0.429 e. The first-order chi connectivity index (χ1) is 18.4. The standard InChI is InChI=1S/C29H26F8O2/c1-2-3-17-4-6-18(7-5-17)20-14-24(31)27(25(32)15-20)19-8-10-21(11-9-19)28(33,34)38-22-12-13-26(23(30)16-22)39-29(35,36)37/h8-18H,2-7H2,1H3. The Bertz CT molecular complexity index is 1260. The van der Waals surface area contributed by atoms with Crippen molar-refractivity contribution in [2.45, 2.75) is 63.8 Å². The lowest BCUT2D eigenvalue weighted by Gasteiger charge is -2.29. The van der Waals surface area contributed by atoms with Gasteiger partial charge < -0.3 is 9.47 Å². The summed E-state index contributed by atoms with van der Waals surface area (Å²) in [4.78, 5) is 0. The van der Waals surface area contributed by atoms with Crippen molar-refractivity contribution < 1.29 is 44.6 Å². The SMILES string of the molecule is CCCC1CCC(c2cc(F)c(-c3ccc(C(F)(F)Oc4ccc(OC(F)(F)F)c(F)c4)cc3)c(F)c2)CC1. The average molecular weight is 559 g/mol. The molecule has 4 rings (SSSR count). The fraction of sp³-hybridized carbons (Fsp3) is 0.379. The molecule has 0 N–H and O–H groups in total. The third-order valence-electron chi connectivity index (χ3n) is 6.96. The van der Waals surface area contributed by atoms with Gasteiger partial charge in [0.05, 0.1) is 11.1 Å². The Labute approximate surface area is 220 Å². The molecular weight excluding hydrogens is 532 g/mol. The molecule has 0 aromatic heterocycles. The molecule has 0 radical (unpaired) electrons. The molecule has 0 amide bonds. The Morgan fingerprint density at radius 1 is 0.744 bits per heavy atom. The first-order valence-corrected chi connectivity index (χ1v) is 12.6. The molecule has 10 heteroatoms. The molecule has 1 aliphatic rings. The zero-order valence-corrected chi connectivity index (χ0v) is 20.9. The summed E-state index contributed by atoms with van der Waals surface area (Å²) < 4.78 is 118. The van der Waals surface area contributed by atoms with Crippen LogP contribution in [0.4, 0.5) is 35.1 Å². The van der Waals surface area contributed by atoms with E-state index < -0.39 is 47.0 Å². The molecule has 39 heavy (non-hydrogen) atoms. The van der Waals surface area contributed by atoms with E-state index in [-0.39, 0.29) is 17.0 Å². The summed E-state index contributed by atoms with van der Waals surface area (Å²) in [6, 6.07) is 8.12. The van der Waals surface area contributed by atoms with Gasteiger partial charge in [0.25, 0.3) is 0 Å². The van der Waals surface area contributed by atoms with Crippen LogP contribution < -0.4 is 9.47 Å². The molecule has 0 atom stereocenters. The molecule has 3 aromatic rings. The normalized spacial score (nSPS) is 18.2. The lowest BCUT2D eigenvalue weighted by atomic mass is 9.77. The second-order valence-corrected chi connectivity index (χ2v) is 9.70. The molecular formula is C29H26F8O2. The van der Waals surface area contributed by atoms with E-state index >= 15 is 8.78 Å². The van der Waals surface area contributed by atoms with Crippen molar-refractivity contribution >= 4 is 0 Å². The minimum atomic E-state index is -5.16. The Balaban J connectivity index is 1.48. The average Bonchev–Trinajstić information content (AvgIpc) is 2.85. The van der Waals surface area contributed by atoms with Gasteiger partial charge in [-0.3, -0.25) is 0 Å². The van der Waals surface area contributed by atoms with Crippen molar-refractivity contribution in [3.05, 3.63) is 83.2 Å². The van der Waals surface area contributed by atoms with E-state index in [1.54, 1.807) is 0 Å². The number of hydrogen-bond acceptors (Lipinski definition) is 2. The summed E-state index contributed by atoms with van der Waals surface area (Å²) in [5, 5.41) is 0. The Hall–Kier alpha value is -3.30. The van der Waals surface area contributed by atoms with Gasteiger partial charge in [-0.25, -0.2) is 13.2 Å². The highest BCUT2D eigenvalue weighted by atomic mass is 19.4. The molecule has 0 spiro atoms. The fourth-order valence-corrected chi connectivity index (χ4v) is 5.09. The summed E-state index contributed by atoms with van der Waals surface area (Å²) in [5.74, 6) is -4.41. The van der Waals surface area contributed by atoms with Crippen LogP contribution in [-0.2, 0) is 6.11 Å². The summed E-state index contributed by atoms with van der Waals surface area (Å²) in [6.07, 6.45) is -3.20. The summed E-state index contributed by atoms with van der Waals surface area (Å²) >= 11 is 0. The number of ether oxygens (including phenoxy) is 2. The zero-order valence-electron chi connectivity index (χ0n) is 20.9. The van der Waals surface area contributed by atoms with Gasteiger partial charge >= 0.3 is 12.5 Å². The van der Waals surface area contributed by atoms with Crippen molar-refractivity contribution in [3.63, 3.8) is 0 Å².